The van der Waals surface area contributed by atoms with E-state index in [9.17, 15) is 24.0 Å². The van der Waals surface area contributed by atoms with Crippen LogP contribution in [0.2, 0.25) is 0 Å². The van der Waals surface area contributed by atoms with Gasteiger partial charge in [-0.05, 0) is 81.7 Å². The summed E-state index contributed by atoms with van der Waals surface area (Å²) in [4.78, 5) is 76.3. The summed E-state index contributed by atoms with van der Waals surface area (Å²) in [5, 5.41) is 19.9. The first-order valence-electron chi connectivity index (χ1n) is 27.3. The van der Waals surface area contributed by atoms with Gasteiger partial charge in [0.2, 0.25) is 23.6 Å². The minimum absolute atomic E-state index is 0.126. The number of ether oxygens (including phenoxy) is 5. The van der Waals surface area contributed by atoms with Gasteiger partial charge in [-0.2, -0.15) is 5.10 Å². The smallest absolute Gasteiger partial charge is 0.259 e. The molecule has 2 aromatic heterocycles. The molecule has 1 saturated heterocycles. The second-order valence-corrected chi connectivity index (χ2v) is 21.2. The molecule has 2 aliphatic rings. The standard InChI is InChI=1S/C57H84N10O10/c1-10-47(42-14-12-11-13-15-42)63-54(70)48-34-44(37-66(48)56(72)51(57(6,7)8)64-53(69)41(5)58-9)59-21-25-74-27-29-76-31-30-75-28-26-73-24-19-50(68)60-20-23-65-36-40(4)77-49-17-16-38(2)32-45(49)39(3)33-43-18-22-67-52(62-43)46(35-61-67)55(65)71/h11-18,22,32,35,39-41,44,47-48,51,58-59H,10,19-21,23-31,33-34,36-37H2,1-9H3,(H,60,68)(H,63,70)(H,64,69)/t39-,40-,41-,44-,47+,48-,51?/m0/s1. The lowest BCUT2D eigenvalue weighted by Gasteiger charge is -2.36. The lowest BCUT2D eigenvalue weighted by atomic mass is 9.85. The summed E-state index contributed by atoms with van der Waals surface area (Å²) in [6, 6.07) is 15.4. The molecule has 20 heteroatoms. The molecule has 1 unspecified atom stereocenters. The van der Waals surface area contributed by atoms with E-state index in [0.717, 1.165) is 28.1 Å². The van der Waals surface area contributed by atoms with Crippen molar-refractivity contribution in [3.05, 3.63) is 94.9 Å². The van der Waals surface area contributed by atoms with Crippen LogP contribution in [0, 0.1) is 12.3 Å². The van der Waals surface area contributed by atoms with Gasteiger partial charge < -0.3 is 60.1 Å². The average Bonchev–Trinajstić information content (AvgIpc) is 4.05. The number of rotatable bonds is 27. The molecule has 0 aliphatic carbocycles. The summed E-state index contributed by atoms with van der Waals surface area (Å²) in [5.74, 6) is -0.335. The van der Waals surface area contributed by atoms with E-state index < -0.39 is 23.5 Å². The van der Waals surface area contributed by atoms with Crippen molar-refractivity contribution in [1.29, 1.82) is 0 Å². The number of amides is 5. The van der Waals surface area contributed by atoms with E-state index >= 15 is 0 Å². The molecule has 5 N–H and O–H groups in total. The van der Waals surface area contributed by atoms with Gasteiger partial charge in [-0.15, -0.1) is 0 Å². The van der Waals surface area contributed by atoms with Crippen molar-refractivity contribution in [3.63, 3.8) is 0 Å². The second-order valence-electron chi connectivity index (χ2n) is 21.2. The van der Waals surface area contributed by atoms with Gasteiger partial charge in [0.25, 0.3) is 5.91 Å². The zero-order valence-corrected chi connectivity index (χ0v) is 46.7. The van der Waals surface area contributed by atoms with E-state index in [4.69, 9.17) is 28.7 Å². The number of aromatic nitrogens is 3. The van der Waals surface area contributed by atoms with Gasteiger partial charge in [0.05, 0.1) is 77.7 Å². The minimum Gasteiger partial charge on any atom is -0.489 e. The van der Waals surface area contributed by atoms with Crippen LogP contribution in [0.5, 0.6) is 5.75 Å². The molecule has 7 atom stereocenters. The Morgan fingerprint density at radius 1 is 0.870 bits per heavy atom. The first kappa shape index (κ1) is 60.2. The zero-order chi connectivity index (χ0) is 55.5. The van der Waals surface area contributed by atoms with Crippen LogP contribution < -0.4 is 31.3 Å². The lowest BCUT2D eigenvalue weighted by molar-refractivity contribution is -0.144. The fourth-order valence-electron chi connectivity index (χ4n) is 9.51. The van der Waals surface area contributed by atoms with Crippen LogP contribution in [0.1, 0.15) is 112 Å². The SMILES string of the molecule is CC[C@@H](NC(=O)[C@@H]1C[C@H](NCCOCCOCCOCCOCCC(=O)NCCN2C[C@H](C)Oc3ccc(C)cc3[C@@H](C)Cc3ccn4ncc(c4n3)C2=O)CN1C(=O)C(NC(=O)[C@H](C)NC)C(C)(C)C)c1ccccc1. The maximum atomic E-state index is 14.3. The number of fused-ring (bicyclic) bond motifs is 2. The summed E-state index contributed by atoms with van der Waals surface area (Å²) < 4.78 is 30.9. The topological polar surface area (TPSA) is 228 Å². The predicted molar refractivity (Wildman–Crippen MR) is 293 cm³/mol. The molecule has 1 fully saturated rings. The molecule has 2 aromatic carbocycles. The first-order valence-corrected chi connectivity index (χ1v) is 27.3. The van der Waals surface area contributed by atoms with Crippen molar-refractivity contribution in [2.45, 2.75) is 123 Å². The number of hydrogen-bond acceptors (Lipinski definition) is 14. The Bertz CT molecular complexity index is 2540. The Morgan fingerprint density at radius 3 is 2.23 bits per heavy atom. The maximum absolute atomic E-state index is 14.3. The third kappa shape index (κ3) is 17.7. The molecule has 5 amide bonds. The zero-order valence-electron chi connectivity index (χ0n) is 46.7. The van der Waals surface area contributed by atoms with E-state index in [1.165, 1.54) is 0 Å². The van der Waals surface area contributed by atoms with Crippen molar-refractivity contribution in [3.8, 4) is 5.75 Å². The molecule has 77 heavy (non-hydrogen) atoms. The van der Waals surface area contributed by atoms with Crippen LogP contribution in [0.4, 0.5) is 0 Å². The summed E-state index contributed by atoms with van der Waals surface area (Å²) in [6.45, 7) is 20.0. The third-order valence-corrected chi connectivity index (χ3v) is 14.0. The molecule has 2 aliphatic heterocycles. The first-order chi connectivity index (χ1) is 37.0. The van der Waals surface area contributed by atoms with Crippen molar-refractivity contribution >= 4 is 35.2 Å². The number of likely N-dealkylation sites (tertiary alicyclic amines) is 1. The van der Waals surface area contributed by atoms with Crippen LogP contribution in [-0.4, -0.2) is 177 Å². The predicted octanol–water partition coefficient (Wildman–Crippen LogP) is 4.15. The number of hydrogen-bond donors (Lipinski definition) is 5. The Balaban J connectivity index is 0.843. The molecule has 0 radical (unpaired) electrons. The second kappa shape index (κ2) is 29.6. The highest BCUT2D eigenvalue weighted by atomic mass is 16.6. The quantitative estimate of drug-likeness (QED) is 0.0530. The van der Waals surface area contributed by atoms with Gasteiger partial charge in [0, 0.05) is 50.5 Å². The highest BCUT2D eigenvalue weighted by molar-refractivity contribution is 5.99. The Hall–Kier alpha value is -6.03. The number of benzene rings is 2. The lowest BCUT2D eigenvalue weighted by Crippen LogP contribution is -2.59. The Morgan fingerprint density at radius 2 is 1.56 bits per heavy atom. The van der Waals surface area contributed by atoms with E-state index in [1.807, 2.05) is 89.3 Å². The number of carbonyl (C=O) groups excluding carboxylic acids is 5. The normalized spacial score (nSPS) is 19.1. The molecule has 20 nitrogen and oxygen atoms in total. The number of nitrogens with one attached hydrogen (secondary N) is 5. The van der Waals surface area contributed by atoms with Gasteiger partial charge in [0.1, 0.15) is 29.5 Å². The summed E-state index contributed by atoms with van der Waals surface area (Å²) in [6.07, 6.45) is 4.97. The van der Waals surface area contributed by atoms with Crippen molar-refractivity contribution in [2.75, 3.05) is 92.6 Å². The minimum atomic E-state index is -0.847. The molecule has 6 rings (SSSR count). The molecule has 0 spiro atoms. The number of carbonyl (C=O) groups is 5. The molecular weight excluding hydrogens is 985 g/mol. The van der Waals surface area contributed by atoms with Crippen LogP contribution in [0.25, 0.3) is 5.65 Å². The average molecular weight is 1070 g/mol. The molecule has 4 aromatic rings. The van der Waals surface area contributed by atoms with E-state index in [-0.39, 0.29) is 79.8 Å². The van der Waals surface area contributed by atoms with E-state index in [1.54, 1.807) is 34.5 Å². The highest BCUT2D eigenvalue weighted by Crippen LogP contribution is 2.32. The third-order valence-electron chi connectivity index (χ3n) is 14.0. The molecule has 4 heterocycles. The van der Waals surface area contributed by atoms with Gasteiger partial charge in [-0.1, -0.05) is 82.6 Å². The molecule has 422 valence electrons. The van der Waals surface area contributed by atoms with E-state index in [2.05, 4.69) is 51.6 Å². The number of likely N-dealkylation sites (N-methyl/N-ethyl adjacent to an activating group) is 1. The summed E-state index contributed by atoms with van der Waals surface area (Å²) in [5.41, 5.74) is 4.35. The van der Waals surface area contributed by atoms with Crippen LogP contribution in [0.3, 0.4) is 0 Å². The summed E-state index contributed by atoms with van der Waals surface area (Å²) >= 11 is 0. The fraction of sp³-hybridized carbons (Fsp3) is 0.596. The fourth-order valence-corrected chi connectivity index (χ4v) is 9.51. The van der Waals surface area contributed by atoms with Crippen LogP contribution >= 0.6 is 0 Å². The van der Waals surface area contributed by atoms with Crippen molar-refractivity contribution in [2.24, 2.45) is 5.41 Å². The van der Waals surface area contributed by atoms with Gasteiger partial charge in [0.15, 0.2) is 5.65 Å². The van der Waals surface area contributed by atoms with Gasteiger partial charge in [-0.3, -0.25) is 24.0 Å². The van der Waals surface area contributed by atoms with Gasteiger partial charge >= 0.3 is 0 Å². The molecule has 0 saturated carbocycles. The van der Waals surface area contributed by atoms with Crippen molar-refractivity contribution < 1.29 is 47.7 Å². The van der Waals surface area contributed by atoms with Crippen LogP contribution in [-0.2, 0) is 44.5 Å². The highest BCUT2D eigenvalue weighted by Gasteiger charge is 2.45. The number of nitrogens with zero attached hydrogens (tertiary/aromatic N) is 5. The molecule has 2 bridgehead atoms. The largest absolute Gasteiger partial charge is 0.489 e. The van der Waals surface area contributed by atoms with E-state index in [0.29, 0.717) is 96.4 Å². The number of aryl methyl sites for hydroxylation is 1. The maximum Gasteiger partial charge on any atom is 0.259 e. The Labute approximate surface area is 454 Å². The van der Waals surface area contributed by atoms with Gasteiger partial charge in [-0.25, -0.2) is 9.50 Å². The summed E-state index contributed by atoms with van der Waals surface area (Å²) in [7, 11) is 1.69. The monoisotopic (exact) mass is 1070 g/mol. The Kier molecular flexibility index (Phi) is 23.2. The van der Waals surface area contributed by atoms with Crippen molar-refractivity contribution in [1.82, 2.24) is 51.0 Å². The molecular formula is C57H84N10O10. The van der Waals surface area contributed by atoms with Crippen LogP contribution in [0.15, 0.2) is 67.0 Å².